The maximum absolute atomic E-state index is 13.6. The Morgan fingerprint density at radius 3 is 2.45 bits per heavy atom. The molecule has 22 heavy (non-hydrogen) atoms. The molecule has 0 unspecified atom stereocenters. The predicted octanol–water partition coefficient (Wildman–Crippen LogP) is 3.24. The third-order valence-electron chi connectivity index (χ3n) is 3.10. The van der Waals surface area contributed by atoms with Crippen molar-refractivity contribution in [3.8, 4) is 0 Å². The summed E-state index contributed by atoms with van der Waals surface area (Å²) in [6, 6.07) is 15.0. The van der Waals surface area contributed by atoms with E-state index in [1.54, 1.807) is 19.1 Å². The molecule has 2 aromatic rings. The third kappa shape index (κ3) is 4.56. The van der Waals surface area contributed by atoms with Gasteiger partial charge in [-0.1, -0.05) is 42.5 Å². The Hall–Kier alpha value is -2.40. The molecule has 0 aromatic heterocycles. The number of hydrogen-bond donors (Lipinski definition) is 2. The van der Waals surface area contributed by atoms with Gasteiger partial charge in [-0.25, -0.2) is 9.18 Å². The number of para-hydroxylation sites is 1. The fraction of sp³-hybridized carbons (Fsp3) is 0.235. The molecule has 2 aromatic carbocycles. The molecular formula is C17H19FN2O2. The van der Waals surface area contributed by atoms with E-state index >= 15 is 0 Å². The largest absolute Gasteiger partial charge is 0.392 e. The number of rotatable bonds is 5. The van der Waals surface area contributed by atoms with Gasteiger partial charge in [0.25, 0.3) is 0 Å². The van der Waals surface area contributed by atoms with Crippen molar-refractivity contribution >= 4 is 11.7 Å². The van der Waals surface area contributed by atoms with Gasteiger partial charge in [0.1, 0.15) is 5.82 Å². The second-order valence-corrected chi connectivity index (χ2v) is 5.13. The number of carbonyl (C=O) groups excluding carboxylic acids is 1. The summed E-state index contributed by atoms with van der Waals surface area (Å²) in [5, 5.41) is 12.1. The minimum atomic E-state index is -0.671. The molecular weight excluding hydrogens is 283 g/mol. The molecule has 0 bridgehead atoms. The molecule has 2 N–H and O–H groups in total. The number of benzene rings is 2. The van der Waals surface area contributed by atoms with Gasteiger partial charge in [0.05, 0.1) is 11.8 Å². The highest BCUT2D eigenvalue weighted by Gasteiger charge is 2.17. The van der Waals surface area contributed by atoms with Crippen LogP contribution >= 0.6 is 0 Å². The quantitative estimate of drug-likeness (QED) is 0.891. The second kappa shape index (κ2) is 7.56. The maximum Gasteiger partial charge on any atom is 0.322 e. The van der Waals surface area contributed by atoms with Crippen LogP contribution in [-0.2, 0) is 6.54 Å². The standard InChI is InChI=1S/C17H19FN2O2/c1-13(21)11-20(12-14-7-3-2-4-8-14)17(22)19-16-10-6-5-9-15(16)18/h2-10,13,21H,11-12H2,1H3,(H,19,22)/t13-/m1/s1. The normalized spacial score (nSPS) is 11.8. The predicted molar refractivity (Wildman–Crippen MR) is 84.0 cm³/mol. The molecule has 0 aliphatic carbocycles. The van der Waals surface area contributed by atoms with E-state index in [0.717, 1.165) is 5.56 Å². The summed E-state index contributed by atoms with van der Waals surface area (Å²) in [5.41, 5.74) is 1.06. The average molecular weight is 302 g/mol. The molecule has 0 fully saturated rings. The molecule has 0 saturated heterocycles. The lowest BCUT2D eigenvalue weighted by Crippen LogP contribution is -2.39. The molecule has 0 heterocycles. The molecule has 0 spiro atoms. The monoisotopic (exact) mass is 302 g/mol. The molecule has 116 valence electrons. The van der Waals surface area contributed by atoms with Crippen LogP contribution in [0.5, 0.6) is 0 Å². The minimum absolute atomic E-state index is 0.121. The van der Waals surface area contributed by atoms with Crippen molar-refractivity contribution in [2.45, 2.75) is 19.6 Å². The number of aliphatic hydroxyl groups is 1. The number of anilines is 1. The number of urea groups is 1. The van der Waals surface area contributed by atoms with Crippen LogP contribution < -0.4 is 5.32 Å². The molecule has 4 nitrogen and oxygen atoms in total. The van der Waals surface area contributed by atoms with Gasteiger partial charge in [-0.3, -0.25) is 0 Å². The molecule has 0 radical (unpaired) electrons. The van der Waals surface area contributed by atoms with E-state index in [1.807, 2.05) is 30.3 Å². The second-order valence-electron chi connectivity index (χ2n) is 5.13. The van der Waals surface area contributed by atoms with Gasteiger partial charge >= 0.3 is 6.03 Å². The Bertz CT molecular complexity index is 617. The highest BCUT2D eigenvalue weighted by molar-refractivity contribution is 5.89. The van der Waals surface area contributed by atoms with Crippen LogP contribution in [0.15, 0.2) is 54.6 Å². The smallest absolute Gasteiger partial charge is 0.322 e. The van der Waals surface area contributed by atoms with Gasteiger partial charge in [0.15, 0.2) is 0 Å². The lowest BCUT2D eigenvalue weighted by atomic mass is 10.2. The van der Waals surface area contributed by atoms with Crippen molar-refractivity contribution in [3.05, 3.63) is 66.0 Å². The molecule has 5 heteroatoms. The van der Waals surface area contributed by atoms with Crippen molar-refractivity contribution in [2.24, 2.45) is 0 Å². The van der Waals surface area contributed by atoms with Crippen molar-refractivity contribution in [1.29, 1.82) is 0 Å². The van der Waals surface area contributed by atoms with Crippen LogP contribution in [-0.4, -0.2) is 28.7 Å². The van der Waals surface area contributed by atoms with E-state index in [2.05, 4.69) is 5.32 Å². The van der Waals surface area contributed by atoms with Crippen LogP contribution in [0.3, 0.4) is 0 Å². The zero-order valence-corrected chi connectivity index (χ0v) is 12.4. The number of nitrogens with one attached hydrogen (secondary N) is 1. The first-order valence-corrected chi connectivity index (χ1v) is 7.08. The number of carbonyl (C=O) groups is 1. The van der Waals surface area contributed by atoms with Crippen molar-refractivity contribution in [3.63, 3.8) is 0 Å². The first kappa shape index (κ1) is 16.0. The molecule has 1 atom stereocenters. The van der Waals surface area contributed by atoms with Gasteiger partial charge < -0.3 is 15.3 Å². The first-order valence-electron chi connectivity index (χ1n) is 7.08. The molecule has 2 amide bonds. The van der Waals surface area contributed by atoms with E-state index in [9.17, 15) is 14.3 Å². The molecule has 2 rings (SSSR count). The maximum atomic E-state index is 13.6. The highest BCUT2D eigenvalue weighted by Crippen LogP contribution is 2.14. The van der Waals surface area contributed by atoms with Gasteiger partial charge in [0, 0.05) is 13.1 Å². The summed E-state index contributed by atoms with van der Waals surface area (Å²) < 4.78 is 13.6. The average Bonchev–Trinajstić information content (AvgIpc) is 2.49. The number of hydrogen-bond acceptors (Lipinski definition) is 2. The Kier molecular flexibility index (Phi) is 5.49. The lowest BCUT2D eigenvalue weighted by molar-refractivity contribution is 0.135. The molecule has 0 aliphatic heterocycles. The summed E-state index contributed by atoms with van der Waals surface area (Å²) in [5.74, 6) is -0.493. The number of amides is 2. The van der Waals surface area contributed by atoms with Crippen LogP contribution in [0.25, 0.3) is 0 Å². The number of halogens is 1. The summed E-state index contributed by atoms with van der Waals surface area (Å²) >= 11 is 0. The van der Waals surface area contributed by atoms with Crippen molar-refractivity contribution < 1.29 is 14.3 Å². The highest BCUT2D eigenvalue weighted by atomic mass is 19.1. The molecule has 0 saturated carbocycles. The number of aliphatic hydroxyl groups excluding tert-OH is 1. The zero-order chi connectivity index (χ0) is 15.9. The SMILES string of the molecule is C[C@@H](O)CN(Cc1ccccc1)C(=O)Nc1ccccc1F. The van der Waals surface area contributed by atoms with Crippen LogP contribution in [0.1, 0.15) is 12.5 Å². The van der Waals surface area contributed by atoms with E-state index in [1.165, 1.54) is 17.0 Å². The topological polar surface area (TPSA) is 52.6 Å². The van der Waals surface area contributed by atoms with E-state index in [0.29, 0.717) is 6.54 Å². The van der Waals surface area contributed by atoms with E-state index in [-0.39, 0.29) is 12.2 Å². The van der Waals surface area contributed by atoms with Gasteiger partial charge in [-0.05, 0) is 24.6 Å². The summed E-state index contributed by atoms with van der Waals surface area (Å²) in [7, 11) is 0. The van der Waals surface area contributed by atoms with Crippen LogP contribution in [0.4, 0.5) is 14.9 Å². The number of nitrogens with zero attached hydrogens (tertiary/aromatic N) is 1. The summed E-state index contributed by atoms with van der Waals surface area (Å²) in [6.07, 6.45) is -0.671. The van der Waals surface area contributed by atoms with Crippen LogP contribution in [0, 0.1) is 5.82 Å². The van der Waals surface area contributed by atoms with Gasteiger partial charge in [-0.2, -0.15) is 0 Å². The van der Waals surface area contributed by atoms with Crippen molar-refractivity contribution in [2.75, 3.05) is 11.9 Å². The Labute approximate surface area is 129 Å². The van der Waals surface area contributed by atoms with Gasteiger partial charge in [-0.15, -0.1) is 0 Å². The summed E-state index contributed by atoms with van der Waals surface area (Å²) in [4.78, 5) is 13.8. The minimum Gasteiger partial charge on any atom is -0.392 e. The Morgan fingerprint density at radius 2 is 1.82 bits per heavy atom. The summed E-state index contributed by atoms with van der Waals surface area (Å²) in [6.45, 7) is 2.11. The van der Waals surface area contributed by atoms with Crippen LogP contribution in [0.2, 0.25) is 0 Å². The first-order chi connectivity index (χ1) is 10.6. The van der Waals surface area contributed by atoms with Crippen molar-refractivity contribution in [1.82, 2.24) is 4.90 Å². The van der Waals surface area contributed by atoms with Gasteiger partial charge in [0.2, 0.25) is 0 Å². The third-order valence-corrected chi connectivity index (χ3v) is 3.10. The van der Waals surface area contributed by atoms with E-state index < -0.39 is 18.0 Å². The zero-order valence-electron chi connectivity index (χ0n) is 12.4. The molecule has 0 aliphatic rings. The fourth-order valence-electron chi connectivity index (χ4n) is 2.10. The Balaban J connectivity index is 2.11. The lowest BCUT2D eigenvalue weighted by Gasteiger charge is -2.24. The fourth-order valence-corrected chi connectivity index (χ4v) is 2.10. The van der Waals surface area contributed by atoms with E-state index in [4.69, 9.17) is 0 Å². The Morgan fingerprint density at radius 1 is 1.18 bits per heavy atom.